The molecule has 0 aliphatic heterocycles. The second-order valence-corrected chi connectivity index (χ2v) is 10.4. The van der Waals surface area contributed by atoms with Crippen LogP contribution in [0.4, 0.5) is 0 Å². The van der Waals surface area contributed by atoms with Crippen molar-refractivity contribution in [1.29, 1.82) is 0 Å². The maximum absolute atomic E-state index is 6.50. The van der Waals surface area contributed by atoms with Crippen LogP contribution in [0.5, 0.6) is 5.75 Å². The molecular weight excluding hydrogens is 360 g/mol. The van der Waals surface area contributed by atoms with Gasteiger partial charge in [0.1, 0.15) is 5.75 Å². The van der Waals surface area contributed by atoms with E-state index in [1.165, 1.54) is 37.7 Å². The summed E-state index contributed by atoms with van der Waals surface area (Å²) in [6.45, 7) is 13.1. The maximum atomic E-state index is 6.50. The van der Waals surface area contributed by atoms with E-state index in [0.29, 0.717) is 0 Å². The molecule has 1 aliphatic rings. The van der Waals surface area contributed by atoms with Gasteiger partial charge in [-0.1, -0.05) is 44.2 Å². The monoisotopic (exact) mass is 404 g/mol. The Labute approximate surface area is 178 Å². The van der Waals surface area contributed by atoms with Crippen LogP contribution in [0.25, 0.3) is 0 Å². The first-order chi connectivity index (χ1) is 13.5. The molecule has 1 fully saturated rings. The fourth-order valence-electron chi connectivity index (χ4n) is 4.45. The molecule has 1 aromatic rings. The van der Waals surface area contributed by atoms with E-state index in [9.17, 15) is 0 Å². The highest BCUT2D eigenvalue weighted by Crippen LogP contribution is 2.35. The molecule has 0 spiro atoms. The lowest BCUT2D eigenvalue weighted by molar-refractivity contribution is -0.0714. The zero-order chi connectivity index (χ0) is 21.7. The summed E-state index contributed by atoms with van der Waals surface area (Å²) in [5, 5.41) is 0. The molecule has 0 bridgehead atoms. The van der Waals surface area contributed by atoms with Crippen LogP contribution in [0.2, 0.25) is 0 Å². The highest BCUT2D eigenvalue weighted by Gasteiger charge is 2.31. The first-order valence-electron chi connectivity index (χ1n) is 11.4. The molecule has 1 saturated carbocycles. The summed E-state index contributed by atoms with van der Waals surface area (Å²) >= 11 is 0. The van der Waals surface area contributed by atoms with E-state index in [1.807, 2.05) is 13.0 Å². The zero-order valence-corrected chi connectivity index (χ0v) is 19.6. The van der Waals surface area contributed by atoms with Crippen molar-refractivity contribution in [3.8, 4) is 5.75 Å². The number of nitrogens with two attached hydrogens (primary N) is 2. The van der Waals surface area contributed by atoms with Crippen LogP contribution in [0.1, 0.15) is 96.6 Å². The van der Waals surface area contributed by atoms with Crippen LogP contribution in [-0.2, 0) is 4.74 Å². The van der Waals surface area contributed by atoms with Crippen molar-refractivity contribution in [2.45, 2.75) is 110 Å². The van der Waals surface area contributed by atoms with E-state index < -0.39 is 0 Å². The number of hydrogen-bond donors (Lipinski definition) is 2. The second kappa shape index (κ2) is 10.3. The van der Waals surface area contributed by atoms with E-state index >= 15 is 0 Å². The SMILES string of the molecule is Cc1cc(C(CC(C)(C)N)C(C)(C)N)ccc1OC(C)OCCC1CCCCC1. The molecule has 2 rings (SSSR count). The zero-order valence-electron chi connectivity index (χ0n) is 19.6. The van der Waals surface area contributed by atoms with Crippen LogP contribution in [-0.4, -0.2) is 24.0 Å². The number of rotatable bonds is 10. The van der Waals surface area contributed by atoms with Gasteiger partial charge in [0.05, 0.1) is 6.61 Å². The van der Waals surface area contributed by atoms with Crippen molar-refractivity contribution in [2.24, 2.45) is 17.4 Å². The Morgan fingerprint density at radius 1 is 1.07 bits per heavy atom. The Bertz CT molecular complexity index is 625. The van der Waals surface area contributed by atoms with Crippen LogP contribution in [0.3, 0.4) is 0 Å². The van der Waals surface area contributed by atoms with Gasteiger partial charge in [0.25, 0.3) is 0 Å². The van der Waals surface area contributed by atoms with Crippen molar-refractivity contribution in [3.63, 3.8) is 0 Å². The van der Waals surface area contributed by atoms with Crippen LogP contribution in [0.15, 0.2) is 18.2 Å². The largest absolute Gasteiger partial charge is 0.465 e. The highest BCUT2D eigenvalue weighted by molar-refractivity contribution is 5.39. The molecule has 1 aromatic carbocycles. The van der Waals surface area contributed by atoms with Gasteiger partial charge in [0.2, 0.25) is 0 Å². The smallest absolute Gasteiger partial charge is 0.196 e. The van der Waals surface area contributed by atoms with Crippen LogP contribution < -0.4 is 16.2 Å². The van der Waals surface area contributed by atoms with Crippen molar-refractivity contribution in [2.75, 3.05) is 6.61 Å². The lowest BCUT2D eigenvalue weighted by atomic mass is 9.75. The van der Waals surface area contributed by atoms with Crippen LogP contribution >= 0.6 is 0 Å². The maximum Gasteiger partial charge on any atom is 0.196 e. The number of benzene rings is 1. The first kappa shape index (κ1) is 24.2. The number of ether oxygens (including phenoxy) is 2. The molecule has 2 unspecified atom stereocenters. The van der Waals surface area contributed by atoms with E-state index in [4.69, 9.17) is 20.9 Å². The summed E-state index contributed by atoms with van der Waals surface area (Å²) in [5.74, 6) is 1.89. The van der Waals surface area contributed by atoms with Gasteiger partial charge in [-0.2, -0.15) is 0 Å². The number of hydrogen-bond acceptors (Lipinski definition) is 4. The molecule has 0 heterocycles. The lowest BCUT2D eigenvalue weighted by Gasteiger charge is -2.36. The third kappa shape index (κ3) is 8.27. The van der Waals surface area contributed by atoms with Crippen molar-refractivity contribution >= 4 is 0 Å². The average molecular weight is 405 g/mol. The van der Waals surface area contributed by atoms with Gasteiger partial charge in [0, 0.05) is 17.0 Å². The predicted octanol–water partition coefficient (Wildman–Crippen LogP) is 5.66. The standard InChI is InChI=1S/C25H44N2O2/c1-18-16-21(22(25(5,6)27)17-24(3,4)26)12-13-23(18)29-19(2)28-15-14-20-10-8-7-9-11-20/h12-13,16,19-20,22H,7-11,14-15,17,26-27H2,1-6H3. The fourth-order valence-corrected chi connectivity index (χ4v) is 4.45. The minimum atomic E-state index is -0.346. The summed E-state index contributed by atoms with van der Waals surface area (Å²) in [6, 6.07) is 6.37. The molecule has 29 heavy (non-hydrogen) atoms. The Hall–Kier alpha value is -1.10. The Kier molecular flexibility index (Phi) is 8.57. The Morgan fingerprint density at radius 2 is 1.72 bits per heavy atom. The van der Waals surface area contributed by atoms with Gasteiger partial charge < -0.3 is 20.9 Å². The van der Waals surface area contributed by atoms with Gasteiger partial charge >= 0.3 is 0 Å². The molecule has 0 aromatic heterocycles. The van der Waals surface area contributed by atoms with Crippen molar-refractivity contribution in [1.82, 2.24) is 0 Å². The first-order valence-corrected chi connectivity index (χ1v) is 11.4. The molecule has 0 saturated heterocycles. The lowest BCUT2D eigenvalue weighted by Crippen LogP contribution is -2.45. The molecule has 4 N–H and O–H groups in total. The van der Waals surface area contributed by atoms with Gasteiger partial charge in [-0.05, 0) is 77.5 Å². The Morgan fingerprint density at radius 3 is 2.28 bits per heavy atom. The van der Waals surface area contributed by atoms with E-state index in [1.54, 1.807) is 0 Å². The molecule has 4 heteroatoms. The molecule has 4 nitrogen and oxygen atoms in total. The normalized spacial score (nSPS) is 18.5. The van der Waals surface area contributed by atoms with E-state index in [0.717, 1.165) is 36.7 Å². The van der Waals surface area contributed by atoms with Gasteiger partial charge in [0.15, 0.2) is 6.29 Å². The van der Waals surface area contributed by atoms with Gasteiger partial charge in [-0.15, -0.1) is 0 Å². The summed E-state index contributed by atoms with van der Waals surface area (Å²) < 4.78 is 12.0. The minimum absolute atomic E-state index is 0.180. The molecule has 0 radical (unpaired) electrons. The number of aryl methyl sites for hydroxylation is 1. The molecular formula is C25H44N2O2. The highest BCUT2D eigenvalue weighted by atomic mass is 16.7. The summed E-state index contributed by atoms with van der Waals surface area (Å²) in [6.07, 6.45) is 8.61. The van der Waals surface area contributed by atoms with Crippen molar-refractivity contribution < 1.29 is 9.47 Å². The average Bonchev–Trinajstić information content (AvgIpc) is 2.61. The van der Waals surface area contributed by atoms with Crippen molar-refractivity contribution in [3.05, 3.63) is 29.3 Å². The molecule has 166 valence electrons. The third-order valence-corrected chi connectivity index (χ3v) is 6.13. The predicted molar refractivity (Wildman–Crippen MR) is 122 cm³/mol. The fraction of sp³-hybridized carbons (Fsp3) is 0.760. The summed E-state index contributed by atoms with van der Waals surface area (Å²) in [4.78, 5) is 0. The molecule has 0 amide bonds. The third-order valence-electron chi connectivity index (χ3n) is 6.13. The summed E-state index contributed by atoms with van der Waals surface area (Å²) in [7, 11) is 0. The quantitative estimate of drug-likeness (QED) is 0.494. The van der Waals surface area contributed by atoms with E-state index in [-0.39, 0.29) is 23.3 Å². The molecule has 2 atom stereocenters. The van der Waals surface area contributed by atoms with Crippen LogP contribution in [0, 0.1) is 12.8 Å². The van der Waals surface area contributed by atoms with E-state index in [2.05, 4.69) is 46.8 Å². The second-order valence-electron chi connectivity index (χ2n) is 10.4. The topological polar surface area (TPSA) is 70.5 Å². The minimum Gasteiger partial charge on any atom is -0.465 e. The van der Waals surface area contributed by atoms with Gasteiger partial charge in [-0.3, -0.25) is 0 Å². The Balaban J connectivity index is 1.95. The van der Waals surface area contributed by atoms with Gasteiger partial charge in [-0.25, -0.2) is 0 Å². The summed E-state index contributed by atoms with van der Waals surface area (Å²) in [5.41, 5.74) is 14.5. The molecule has 1 aliphatic carbocycles.